The fourth-order valence-electron chi connectivity index (χ4n) is 2.03. The molecule has 5 heteroatoms. The van der Waals surface area contributed by atoms with Crippen molar-refractivity contribution in [2.75, 3.05) is 13.1 Å². The summed E-state index contributed by atoms with van der Waals surface area (Å²) < 4.78 is 0.653. The summed E-state index contributed by atoms with van der Waals surface area (Å²) in [5.41, 5.74) is 1.06. The van der Waals surface area contributed by atoms with E-state index in [0.29, 0.717) is 15.1 Å². The quantitative estimate of drug-likeness (QED) is 0.846. The number of hydrogen-bond donors (Lipinski definition) is 0. The molecule has 0 spiro atoms. The molecule has 18 heavy (non-hydrogen) atoms. The van der Waals surface area contributed by atoms with Gasteiger partial charge in [-0.05, 0) is 24.3 Å². The highest BCUT2D eigenvalue weighted by atomic mass is 35.5. The Morgan fingerprint density at radius 3 is 2.78 bits per heavy atom. The van der Waals surface area contributed by atoms with Crippen LogP contribution in [0.25, 0.3) is 0 Å². The molecule has 1 aliphatic heterocycles. The number of carbonyl (C=O) groups is 1. The van der Waals surface area contributed by atoms with Gasteiger partial charge in [0.05, 0.1) is 9.21 Å². The number of thiophene rings is 1. The van der Waals surface area contributed by atoms with Crippen molar-refractivity contribution in [1.82, 2.24) is 9.88 Å². The first-order valence-corrected chi connectivity index (χ1v) is 6.89. The van der Waals surface area contributed by atoms with Crippen molar-refractivity contribution in [3.05, 3.63) is 51.4 Å². The monoisotopic (exact) mass is 278 g/mol. The minimum atomic E-state index is 0.0686. The van der Waals surface area contributed by atoms with E-state index in [2.05, 4.69) is 4.98 Å². The highest BCUT2D eigenvalue weighted by Gasteiger charge is 2.33. The largest absolute Gasteiger partial charge is 0.336 e. The van der Waals surface area contributed by atoms with Gasteiger partial charge in [0.15, 0.2) is 0 Å². The van der Waals surface area contributed by atoms with E-state index in [-0.39, 0.29) is 5.91 Å². The van der Waals surface area contributed by atoms with Crippen molar-refractivity contribution < 1.29 is 4.79 Å². The molecule has 0 bridgehead atoms. The number of hydrogen-bond acceptors (Lipinski definition) is 3. The summed E-state index contributed by atoms with van der Waals surface area (Å²) in [4.78, 5) is 18.9. The lowest BCUT2D eigenvalue weighted by molar-refractivity contribution is 0.0604. The van der Waals surface area contributed by atoms with E-state index in [1.807, 2.05) is 23.1 Å². The third-order valence-electron chi connectivity index (χ3n) is 3.06. The van der Waals surface area contributed by atoms with E-state index in [4.69, 9.17) is 11.6 Å². The fraction of sp³-hybridized carbons (Fsp3) is 0.231. The van der Waals surface area contributed by atoms with Gasteiger partial charge in [-0.3, -0.25) is 9.78 Å². The molecule has 1 fully saturated rings. The number of amides is 1. The predicted molar refractivity (Wildman–Crippen MR) is 72.2 cm³/mol. The molecule has 2 aromatic rings. The molecule has 0 aromatic carbocycles. The van der Waals surface area contributed by atoms with Crippen LogP contribution < -0.4 is 0 Å². The fourth-order valence-corrected chi connectivity index (χ4v) is 3.05. The summed E-state index contributed by atoms with van der Waals surface area (Å²) in [7, 11) is 0. The van der Waals surface area contributed by atoms with Crippen LogP contribution >= 0.6 is 22.9 Å². The van der Waals surface area contributed by atoms with E-state index in [0.717, 1.165) is 18.8 Å². The number of likely N-dealkylation sites (tertiary alicyclic amines) is 1. The molecule has 0 N–H and O–H groups in total. The molecule has 3 heterocycles. The normalized spacial score (nSPS) is 15.5. The van der Waals surface area contributed by atoms with Gasteiger partial charge >= 0.3 is 0 Å². The molecular weight excluding hydrogens is 268 g/mol. The molecule has 0 saturated carbocycles. The van der Waals surface area contributed by atoms with Gasteiger partial charge in [0.1, 0.15) is 0 Å². The van der Waals surface area contributed by atoms with Gasteiger partial charge in [-0.1, -0.05) is 17.7 Å². The second kappa shape index (κ2) is 4.71. The molecule has 2 aromatic heterocycles. The Kier molecular flexibility index (Phi) is 3.06. The second-order valence-corrected chi connectivity index (χ2v) is 5.98. The molecule has 3 nitrogen and oxygen atoms in total. The van der Waals surface area contributed by atoms with Crippen LogP contribution in [-0.4, -0.2) is 28.9 Å². The van der Waals surface area contributed by atoms with Gasteiger partial charge < -0.3 is 4.90 Å². The third-order valence-corrected chi connectivity index (χ3v) is 4.28. The van der Waals surface area contributed by atoms with Gasteiger partial charge in [-0.2, -0.15) is 0 Å². The minimum Gasteiger partial charge on any atom is -0.336 e. The Hall–Kier alpha value is -1.39. The third kappa shape index (κ3) is 2.13. The maximum atomic E-state index is 12.1. The highest BCUT2D eigenvalue weighted by molar-refractivity contribution is 7.17. The van der Waals surface area contributed by atoms with E-state index < -0.39 is 0 Å². The van der Waals surface area contributed by atoms with Crippen molar-refractivity contribution in [3.8, 4) is 0 Å². The second-order valence-electron chi connectivity index (χ2n) is 4.27. The van der Waals surface area contributed by atoms with Crippen molar-refractivity contribution in [3.63, 3.8) is 0 Å². The molecule has 0 atom stereocenters. The Morgan fingerprint density at radius 1 is 1.33 bits per heavy atom. The zero-order valence-electron chi connectivity index (χ0n) is 9.54. The van der Waals surface area contributed by atoms with Crippen molar-refractivity contribution in [1.29, 1.82) is 0 Å². The van der Waals surface area contributed by atoms with E-state index >= 15 is 0 Å². The average molecular weight is 279 g/mol. The van der Waals surface area contributed by atoms with Crippen LogP contribution in [0.5, 0.6) is 0 Å². The number of aromatic nitrogens is 1. The number of rotatable bonds is 2. The Balaban J connectivity index is 1.64. The van der Waals surface area contributed by atoms with E-state index in [1.165, 1.54) is 11.3 Å². The van der Waals surface area contributed by atoms with Gasteiger partial charge in [0, 0.05) is 30.9 Å². The SMILES string of the molecule is O=C(c1ccc(Cl)s1)N1CC(c2ccccn2)C1. The zero-order chi connectivity index (χ0) is 12.5. The topological polar surface area (TPSA) is 33.2 Å². The Labute approximate surface area is 114 Å². The van der Waals surface area contributed by atoms with Crippen LogP contribution in [0.4, 0.5) is 0 Å². The Bertz CT molecular complexity index is 563. The summed E-state index contributed by atoms with van der Waals surface area (Å²) in [5, 5.41) is 0. The van der Waals surface area contributed by atoms with Crippen molar-refractivity contribution in [2.45, 2.75) is 5.92 Å². The van der Waals surface area contributed by atoms with Gasteiger partial charge in [-0.15, -0.1) is 11.3 Å². The number of halogens is 1. The van der Waals surface area contributed by atoms with Gasteiger partial charge in [0.2, 0.25) is 0 Å². The minimum absolute atomic E-state index is 0.0686. The summed E-state index contributed by atoms with van der Waals surface area (Å²) in [5.74, 6) is 0.435. The molecule has 0 radical (unpaired) electrons. The molecular formula is C13H11ClN2OS. The molecule has 1 amide bonds. The van der Waals surface area contributed by atoms with Crippen LogP contribution in [0.1, 0.15) is 21.3 Å². The molecule has 92 valence electrons. The van der Waals surface area contributed by atoms with Crippen LogP contribution in [-0.2, 0) is 0 Å². The Morgan fingerprint density at radius 2 is 2.17 bits per heavy atom. The van der Waals surface area contributed by atoms with Gasteiger partial charge in [0.25, 0.3) is 5.91 Å². The first-order chi connectivity index (χ1) is 8.74. The lowest BCUT2D eigenvalue weighted by atomic mass is 9.95. The summed E-state index contributed by atoms with van der Waals surface area (Å²) in [6.45, 7) is 1.48. The molecule has 1 aliphatic rings. The zero-order valence-corrected chi connectivity index (χ0v) is 11.1. The van der Waals surface area contributed by atoms with E-state index in [1.54, 1.807) is 18.3 Å². The summed E-state index contributed by atoms with van der Waals surface area (Å²) in [6, 6.07) is 9.43. The van der Waals surface area contributed by atoms with Crippen LogP contribution in [0.3, 0.4) is 0 Å². The van der Waals surface area contributed by atoms with Crippen LogP contribution in [0, 0.1) is 0 Å². The molecule has 3 rings (SSSR count). The van der Waals surface area contributed by atoms with Crippen LogP contribution in [0.2, 0.25) is 4.34 Å². The number of carbonyl (C=O) groups excluding carboxylic acids is 1. The maximum absolute atomic E-state index is 12.1. The first-order valence-electron chi connectivity index (χ1n) is 5.69. The smallest absolute Gasteiger partial charge is 0.264 e. The van der Waals surface area contributed by atoms with Crippen LogP contribution in [0.15, 0.2) is 36.5 Å². The lowest BCUT2D eigenvalue weighted by Crippen LogP contribution is -2.48. The lowest BCUT2D eigenvalue weighted by Gasteiger charge is -2.38. The maximum Gasteiger partial charge on any atom is 0.264 e. The number of nitrogens with zero attached hydrogens (tertiary/aromatic N) is 2. The van der Waals surface area contributed by atoms with Crippen molar-refractivity contribution >= 4 is 28.8 Å². The van der Waals surface area contributed by atoms with E-state index in [9.17, 15) is 4.79 Å². The average Bonchev–Trinajstić information content (AvgIpc) is 2.75. The predicted octanol–water partition coefficient (Wildman–Crippen LogP) is 3.04. The molecule has 1 saturated heterocycles. The van der Waals surface area contributed by atoms with Gasteiger partial charge in [-0.25, -0.2) is 0 Å². The standard InChI is InChI=1S/C13H11ClN2OS/c14-12-5-4-11(18-12)13(17)16-7-9(8-16)10-3-1-2-6-15-10/h1-6,9H,7-8H2. The molecule has 0 aliphatic carbocycles. The molecule has 0 unspecified atom stereocenters. The number of pyridine rings is 1. The summed E-state index contributed by atoms with van der Waals surface area (Å²) >= 11 is 7.16. The highest BCUT2D eigenvalue weighted by Crippen LogP contribution is 2.29. The summed E-state index contributed by atoms with van der Waals surface area (Å²) in [6.07, 6.45) is 1.79. The first kappa shape index (κ1) is 11.7. The van der Waals surface area contributed by atoms with Crippen molar-refractivity contribution in [2.24, 2.45) is 0 Å².